The van der Waals surface area contributed by atoms with Crippen molar-refractivity contribution in [1.29, 1.82) is 0 Å². The van der Waals surface area contributed by atoms with E-state index in [-0.39, 0.29) is 15.8 Å². The molecule has 3 aliphatic rings. The number of para-hydroxylation sites is 1. The molecule has 3 heterocycles. The number of fused-ring (bicyclic) bond motifs is 1. The Kier molecular flexibility index (Phi) is 8.22. The van der Waals surface area contributed by atoms with Crippen molar-refractivity contribution in [2.24, 2.45) is 0 Å². The molecule has 2 aromatic carbocycles. The smallest absolute Gasteiger partial charge is 0.208 e. The Morgan fingerprint density at radius 3 is 2.29 bits per heavy atom. The van der Waals surface area contributed by atoms with Crippen LogP contribution in [0.25, 0.3) is 0 Å². The summed E-state index contributed by atoms with van der Waals surface area (Å²) in [5, 5.41) is 4.27. The van der Waals surface area contributed by atoms with E-state index >= 15 is 0 Å². The number of halogens is 2. The van der Waals surface area contributed by atoms with Gasteiger partial charge in [-0.05, 0) is 50.1 Å². The van der Waals surface area contributed by atoms with E-state index in [0.29, 0.717) is 18.3 Å². The van der Waals surface area contributed by atoms with Crippen LogP contribution >= 0.6 is 0 Å². The molecule has 5 nitrogen and oxygen atoms in total. The van der Waals surface area contributed by atoms with Gasteiger partial charge in [-0.1, -0.05) is 25.0 Å². The van der Waals surface area contributed by atoms with Crippen LogP contribution in [0.15, 0.2) is 52.3 Å². The summed E-state index contributed by atoms with van der Waals surface area (Å²) in [7, 11) is -3.97. The van der Waals surface area contributed by atoms with Crippen LogP contribution in [-0.2, 0) is 9.84 Å². The zero-order valence-corrected chi connectivity index (χ0v) is 20.6. The molecule has 0 saturated carbocycles. The SMILES string of the molecule is C1CCC[N]CC1.CCN(c1ccccc1S(=O)(=O)c1ccc(F)c(F)c1)C1CC[N+]2CCC12. The van der Waals surface area contributed by atoms with Crippen LogP contribution in [0.4, 0.5) is 14.5 Å². The lowest BCUT2D eigenvalue weighted by Gasteiger charge is -2.36. The quantitative estimate of drug-likeness (QED) is 0.459. The van der Waals surface area contributed by atoms with Crippen molar-refractivity contribution in [2.75, 3.05) is 37.6 Å². The number of hydrogen-bond donors (Lipinski definition) is 0. The first-order valence-electron chi connectivity index (χ1n) is 12.4. The van der Waals surface area contributed by atoms with Gasteiger partial charge in [-0.15, -0.1) is 0 Å². The first-order chi connectivity index (χ1) is 16.4. The van der Waals surface area contributed by atoms with Crippen molar-refractivity contribution in [3.63, 3.8) is 0 Å². The summed E-state index contributed by atoms with van der Waals surface area (Å²) in [6.07, 6.45) is 7.60. The Hall–Kier alpha value is -2.03. The fraction of sp³-hybridized carbons (Fsp3) is 0.538. The van der Waals surface area contributed by atoms with E-state index in [0.717, 1.165) is 57.2 Å². The van der Waals surface area contributed by atoms with Crippen LogP contribution in [0.3, 0.4) is 0 Å². The number of likely N-dealkylation sites (N-methyl/N-ethyl adjacent to an activating group) is 1. The summed E-state index contributed by atoms with van der Waals surface area (Å²) < 4.78 is 53.3. The first-order valence-corrected chi connectivity index (χ1v) is 13.8. The molecular weight excluding hydrogens is 456 g/mol. The maximum absolute atomic E-state index is 13.6. The van der Waals surface area contributed by atoms with Gasteiger partial charge in [0.05, 0.1) is 27.9 Å². The summed E-state index contributed by atoms with van der Waals surface area (Å²) in [6, 6.07) is 10.3. The topological polar surface area (TPSA) is 57.4 Å². The first kappa shape index (κ1) is 25.1. The zero-order valence-electron chi connectivity index (χ0n) is 19.8. The number of anilines is 1. The Morgan fingerprint density at radius 1 is 0.971 bits per heavy atom. The summed E-state index contributed by atoms with van der Waals surface area (Å²) >= 11 is 0. The standard InChI is InChI=1S/C20H22F2N2O2S.C6H12N/c1-2-24(18-10-12-23-11-9-17(18)23)19-5-3-4-6-20(19)27(25,26)14-7-8-15(21)16(22)13-14;1-2-4-6-7-5-3-1/h3-8,13,17-18H,2,9-12H2,1H3;1-6H2/q+1;. The summed E-state index contributed by atoms with van der Waals surface area (Å²) in [6.45, 7) is 7.08. The molecular formula is C26H34F2N3O2S+. The Labute approximate surface area is 202 Å². The molecule has 0 spiro atoms. The second kappa shape index (κ2) is 11.1. The molecule has 3 fully saturated rings. The maximum Gasteiger partial charge on any atom is 0.208 e. The average Bonchev–Trinajstić information content (AvgIpc) is 3.01. The van der Waals surface area contributed by atoms with E-state index in [1.807, 2.05) is 13.0 Å². The van der Waals surface area contributed by atoms with Gasteiger partial charge in [0.15, 0.2) is 17.7 Å². The maximum atomic E-state index is 13.6. The number of benzene rings is 2. The molecule has 0 amide bonds. The van der Waals surface area contributed by atoms with Gasteiger partial charge in [-0.2, -0.15) is 4.90 Å². The van der Waals surface area contributed by atoms with E-state index in [4.69, 9.17) is 0 Å². The second-order valence-electron chi connectivity index (χ2n) is 9.17. The predicted octanol–water partition coefficient (Wildman–Crippen LogP) is 4.47. The number of hydrogen-bond acceptors (Lipinski definition) is 4. The molecule has 0 aromatic heterocycles. The monoisotopic (exact) mass is 490 g/mol. The average molecular weight is 491 g/mol. The highest BCUT2D eigenvalue weighted by Gasteiger charge is 2.52. The van der Waals surface area contributed by atoms with Crippen LogP contribution in [0.2, 0.25) is 0 Å². The predicted molar refractivity (Wildman–Crippen MR) is 130 cm³/mol. The van der Waals surface area contributed by atoms with Gasteiger partial charge in [0.25, 0.3) is 0 Å². The van der Waals surface area contributed by atoms with Crippen LogP contribution in [0, 0.1) is 11.6 Å². The van der Waals surface area contributed by atoms with E-state index < -0.39 is 21.5 Å². The highest BCUT2D eigenvalue weighted by Crippen LogP contribution is 2.37. The summed E-state index contributed by atoms with van der Waals surface area (Å²) in [4.78, 5) is 4.48. The molecule has 184 valence electrons. The second-order valence-corrected chi connectivity index (χ2v) is 11.1. The lowest BCUT2D eigenvalue weighted by atomic mass is 9.98. The summed E-state index contributed by atoms with van der Waals surface area (Å²) in [5.41, 5.74) is 0.628. The van der Waals surface area contributed by atoms with E-state index in [2.05, 4.69) is 15.1 Å². The fourth-order valence-electron chi connectivity index (χ4n) is 5.22. The van der Waals surface area contributed by atoms with Gasteiger partial charge in [-0.3, -0.25) is 0 Å². The molecule has 3 aliphatic heterocycles. The van der Waals surface area contributed by atoms with Gasteiger partial charge in [0, 0.05) is 26.1 Å². The third-order valence-corrected chi connectivity index (χ3v) is 8.93. The van der Waals surface area contributed by atoms with Crippen molar-refractivity contribution in [1.82, 2.24) is 10.2 Å². The van der Waals surface area contributed by atoms with E-state index in [9.17, 15) is 17.2 Å². The van der Waals surface area contributed by atoms with Crippen molar-refractivity contribution < 1.29 is 17.2 Å². The molecule has 2 radical (unpaired) electrons. The Bertz CT molecular complexity index is 1060. The van der Waals surface area contributed by atoms with Crippen LogP contribution in [0.5, 0.6) is 0 Å². The third kappa shape index (κ3) is 5.29. The molecule has 3 saturated heterocycles. The minimum Gasteiger partial charge on any atom is -0.361 e. The van der Waals surface area contributed by atoms with Gasteiger partial charge in [-0.25, -0.2) is 22.5 Å². The van der Waals surface area contributed by atoms with Gasteiger partial charge >= 0.3 is 0 Å². The van der Waals surface area contributed by atoms with Crippen molar-refractivity contribution in [3.05, 3.63) is 54.1 Å². The third-order valence-electron chi connectivity index (χ3n) is 7.13. The van der Waals surface area contributed by atoms with Crippen LogP contribution in [-0.4, -0.2) is 53.2 Å². The van der Waals surface area contributed by atoms with Crippen molar-refractivity contribution >= 4 is 15.5 Å². The fourth-order valence-corrected chi connectivity index (χ4v) is 6.69. The molecule has 0 N–H and O–H groups in total. The molecule has 0 aliphatic carbocycles. The molecule has 0 bridgehead atoms. The van der Waals surface area contributed by atoms with Crippen molar-refractivity contribution in [3.8, 4) is 0 Å². The normalized spacial score (nSPS) is 22.7. The van der Waals surface area contributed by atoms with Gasteiger partial charge in [0.2, 0.25) is 9.84 Å². The highest BCUT2D eigenvalue weighted by molar-refractivity contribution is 7.91. The number of sulfone groups is 1. The molecule has 2 aromatic rings. The number of nitrogens with zero attached hydrogens (tertiary/aromatic N) is 3. The minimum atomic E-state index is -3.97. The van der Waals surface area contributed by atoms with Gasteiger partial charge in [0.1, 0.15) is 13.1 Å². The van der Waals surface area contributed by atoms with Crippen molar-refractivity contribution in [2.45, 2.75) is 67.3 Å². The molecule has 2 unspecified atom stereocenters. The largest absolute Gasteiger partial charge is 0.361 e. The minimum absolute atomic E-state index is 0.135. The van der Waals surface area contributed by atoms with Crippen LogP contribution in [0.1, 0.15) is 45.4 Å². The zero-order chi connectivity index (χ0) is 24.1. The molecule has 8 heteroatoms. The lowest BCUT2D eigenvalue weighted by molar-refractivity contribution is 0.237. The van der Waals surface area contributed by atoms with E-state index in [1.54, 1.807) is 18.2 Å². The van der Waals surface area contributed by atoms with Gasteiger partial charge < -0.3 is 4.90 Å². The van der Waals surface area contributed by atoms with Crippen LogP contribution < -0.4 is 15.1 Å². The lowest BCUT2D eigenvalue weighted by Crippen LogP contribution is -2.56. The molecule has 2 atom stereocenters. The Morgan fingerprint density at radius 2 is 1.68 bits per heavy atom. The molecule has 34 heavy (non-hydrogen) atoms. The van der Waals surface area contributed by atoms with E-state index in [1.165, 1.54) is 25.7 Å². The molecule has 5 rings (SSSR count). The Balaban J connectivity index is 0.000000336. The number of rotatable bonds is 5. The summed E-state index contributed by atoms with van der Waals surface area (Å²) in [5.74, 6) is -2.23. The highest BCUT2D eigenvalue weighted by atomic mass is 32.2.